The zero-order valence-electron chi connectivity index (χ0n) is 12.3. The van der Waals surface area contributed by atoms with Crippen molar-refractivity contribution in [1.82, 2.24) is 4.98 Å². The van der Waals surface area contributed by atoms with Crippen LogP contribution in [-0.2, 0) is 4.74 Å². The fourth-order valence-electron chi connectivity index (χ4n) is 2.46. The quantitative estimate of drug-likeness (QED) is 0.486. The summed E-state index contributed by atoms with van der Waals surface area (Å²) in [6.07, 6.45) is 1.46. The molecule has 0 N–H and O–H groups in total. The Hall–Kier alpha value is -3.19. The lowest BCUT2D eigenvalue weighted by Crippen LogP contribution is -2.25. The molecule has 3 rings (SSSR count). The van der Waals surface area contributed by atoms with E-state index >= 15 is 0 Å². The molecule has 1 aliphatic heterocycles. The number of cyclic esters (lactones) is 1. The number of carbonyl (C=O) groups is 1. The molecule has 1 aliphatic rings. The summed E-state index contributed by atoms with van der Waals surface area (Å²) < 4.78 is 33.7. The van der Waals surface area contributed by atoms with E-state index in [2.05, 4.69) is 15.0 Å². The van der Waals surface area contributed by atoms with Crippen LogP contribution in [0, 0.1) is 11.6 Å². The van der Waals surface area contributed by atoms with Gasteiger partial charge in [-0.1, -0.05) is 5.11 Å². The number of hydrogen-bond donors (Lipinski definition) is 0. The van der Waals surface area contributed by atoms with Gasteiger partial charge in [-0.15, -0.1) is 0 Å². The first-order valence-corrected chi connectivity index (χ1v) is 6.98. The SMILES string of the molecule is [N-]=[N+]=NCC1CN(c2cc(F)c(-c3ccncc3)c(F)c2)C(=O)O1. The number of ether oxygens (including phenoxy) is 1. The van der Waals surface area contributed by atoms with Gasteiger partial charge in [-0.3, -0.25) is 9.88 Å². The van der Waals surface area contributed by atoms with Crippen LogP contribution >= 0.6 is 0 Å². The standard InChI is InChI=1S/C15H11F2N5O2/c16-12-5-10(22-8-11(7-20-21-18)24-15(22)23)6-13(17)14(12)9-1-3-19-4-2-9/h1-6,11H,7-8H2. The number of carbonyl (C=O) groups excluding carboxylic acids is 1. The molecule has 0 aliphatic carbocycles. The lowest BCUT2D eigenvalue weighted by molar-refractivity contribution is 0.145. The van der Waals surface area contributed by atoms with Crippen LogP contribution < -0.4 is 4.90 Å². The largest absolute Gasteiger partial charge is 0.444 e. The summed E-state index contributed by atoms with van der Waals surface area (Å²) in [6.45, 7) is 0.00411. The van der Waals surface area contributed by atoms with Crippen LogP contribution in [0.3, 0.4) is 0 Å². The molecular weight excluding hydrogens is 320 g/mol. The number of halogens is 2. The van der Waals surface area contributed by atoms with E-state index in [1.807, 2.05) is 0 Å². The Kier molecular flexibility index (Phi) is 4.26. The molecule has 7 nitrogen and oxygen atoms in total. The highest BCUT2D eigenvalue weighted by Crippen LogP contribution is 2.31. The molecular formula is C15H11F2N5O2. The fourth-order valence-corrected chi connectivity index (χ4v) is 2.46. The molecule has 0 bridgehead atoms. The van der Waals surface area contributed by atoms with E-state index in [0.29, 0.717) is 5.56 Å². The second-order valence-corrected chi connectivity index (χ2v) is 5.05. The van der Waals surface area contributed by atoms with Gasteiger partial charge >= 0.3 is 6.09 Å². The van der Waals surface area contributed by atoms with Crippen molar-refractivity contribution in [2.75, 3.05) is 18.0 Å². The van der Waals surface area contributed by atoms with Crippen molar-refractivity contribution >= 4 is 11.8 Å². The summed E-state index contributed by atoms with van der Waals surface area (Å²) in [5.74, 6) is -1.61. The van der Waals surface area contributed by atoms with Crippen molar-refractivity contribution in [2.45, 2.75) is 6.10 Å². The van der Waals surface area contributed by atoms with Gasteiger partial charge in [0.25, 0.3) is 0 Å². The first kappa shape index (κ1) is 15.7. The maximum absolute atomic E-state index is 14.4. The van der Waals surface area contributed by atoms with Crippen LogP contribution in [0.1, 0.15) is 0 Å². The molecule has 1 unspecified atom stereocenters. The van der Waals surface area contributed by atoms with E-state index in [-0.39, 0.29) is 24.3 Å². The third kappa shape index (κ3) is 2.97. The number of amides is 1. The van der Waals surface area contributed by atoms with Crippen molar-refractivity contribution in [3.8, 4) is 11.1 Å². The maximum Gasteiger partial charge on any atom is 0.414 e. The number of anilines is 1. The molecule has 0 saturated carbocycles. The van der Waals surface area contributed by atoms with Crippen molar-refractivity contribution in [3.05, 3.63) is 58.7 Å². The Morgan fingerprint density at radius 2 is 2.00 bits per heavy atom. The minimum atomic E-state index is -0.803. The van der Waals surface area contributed by atoms with Gasteiger partial charge in [-0.05, 0) is 35.4 Å². The predicted molar refractivity (Wildman–Crippen MR) is 81.2 cm³/mol. The summed E-state index contributed by atoms with van der Waals surface area (Å²) >= 11 is 0. The summed E-state index contributed by atoms with van der Waals surface area (Å²) in [6, 6.07) is 5.11. The minimum Gasteiger partial charge on any atom is -0.444 e. The molecule has 1 atom stereocenters. The summed E-state index contributed by atoms with van der Waals surface area (Å²) in [4.78, 5) is 19.3. The number of benzene rings is 1. The number of pyridine rings is 1. The van der Waals surface area contributed by atoms with Gasteiger partial charge in [0.1, 0.15) is 17.7 Å². The average Bonchev–Trinajstić information content (AvgIpc) is 2.94. The highest BCUT2D eigenvalue weighted by atomic mass is 19.1. The highest BCUT2D eigenvalue weighted by Gasteiger charge is 2.32. The first-order valence-electron chi connectivity index (χ1n) is 6.98. The van der Waals surface area contributed by atoms with Gasteiger partial charge in [-0.2, -0.15) is 0 Å². The lowest BCUT2D eigenvalue weighted by Gasteiger charge is -2.15. The molecule has 1 aromatic carbocycles. The van der Waals surface area contributed by atoms with Gasteiger partial charge in [0.15, 0.2) is 0 Å². The van der Waals surface area contributed by atoms with Crippen LogP contribution in [0.15, 0.2) is 41.8 Å². The van der Waals surface area contributed by atoms with Crippen LogP contribution in [0.2, 0.25) is 0 Å². The summed E-state index contributed by atoms with van der Waals surface area (Å²) in [5.41, 5.74) is 8.47. The molecule has 2 aromatic rings. The second-order valence-electron chi connectivity index (χ2n) is 5.05. The number of hydrogen-bond acceptors (Lipinski definition) is 4. The molecule has 2 heterocycles. The van der Waals surface area contributed by atoms with E-state index in [1.54, 1.807) is 0 Å². The smallest absolute Gasteiger partial charge is 0.414 e. The van der Waals surface area contributed by atoms with E-state index < -0.39 is 23.8 Å². The zero-order chi connectivity index (χ0) is 17.1. The van der Waals surface area contributed by atoms with Crippen molar-refractivity contribution in [3.63, 3.8) is 0 Å². The van der Waals surface area contributed by atoms with Crippen LogP contribution in [-0.4, -0.2) is 30.3 Å². The summed E-state index contributed by atoms with van der Waals surface area (Å²) in [5, 5.41) is 3.33. The monoisotopic (exact) mass is 331 g/mol. The van der Waals surface area contributed by atoms with Crippen LogP contribution in [0.5, 0.6) is 0 Å². The van der Waals surface area contributed by atoms with Crippen molar-refractivity contribution in [2.24, 2.45) is 5.11 Å². The highest BCUT2D eigenvalue weighted by molar-refractivity contribution is 5.90. The minimum absolute atomic E-state index is 0.0382. The van der Waals surface area contributed by atoms with Gasteiger partial charge in [0, 0.05) is 17.3 Å². The predicted octanol–water partition coefficient (Wildman–Crippen LogP) is 3.66. The Labute approximate surface area is 135 Å². The molecule has 0 spiro atoms. The van der Waals surface area contributed by atoms with E-state index in [4.69, 9.17) is 10.3 Å². The summed E-state index contributed by atoms with van der Waals surface area (Å²) in [7, 11) is 0. The Morgan fingerprint density at radius 1 is 1.33 bits per heavy atom. The Balaban J connectivity index is 1.91. The van der Waals surface area contributed by atoms with Crippen molar-refractivity contribution < 1.29 is 18.3 Å². The Morgan fingerprint density at radius 3 is 2.62 bits per heavy atom. The number of aromatic nitrogens is 1. The van der Waals surface area contributed by atoms with Gasteiger partial charge in [-0.25, -0.2) is 13.6 Å². The number of rotatable bonds is 4. The normalized spacial score (nSPS) is 16.7. The first-order chi connectivity index (χ1) is 11.6. The van der Waals surface area contributed by atoms with E-state index in [0.717, 1.165) is 17.0 Å². The zero-order valence-corrected chi connectivity index (χ0v) is 12.3. The van der Waals surface area contributed by atoms with Crippen LogP contribution in [0.25, 0.3) is 21.6 Å². The molecule has 1 saturated heterocycles. The van der Waals surface area contributed by atoms with Crippen molar-refractivity contribution in [1.29, 1.82) is 0 Å². The number of azide groups is 1. The lowest BCUT2D eigenvalue weighted by atomic mass is 10.0. The molecule has 1 fully saturated rings. The topological polar surface area (TPSA) is 91.2 Å². The van der Waals surface area contributed by atoms with Crippen LogP contribution in [0.4, 0.5) is 19.3 Å². The second kappa shape index (κ2) is 6.51. The maximum atomic E-state index is 14.4. The molecule has 1 aromatic heterocycles. The van der Waals surface area contributed by atoms with E-state index in [9.17, 15) is 13.6 Å². The molecule has 122 valence electrons. The average molecular weight is 331 g/mol. The fraction of sp³-hybridized carbons (Fsp3) is 0.200. The third-order valence-electron chi connectivity index (χ3n) is 3.53. The van der Waals surface area contributed by atoms with Gasteiger partial charge in [0.05, 0.1) is 24.3 Å². The molecule has 9 heteroatoms. The van der Waals surface area contributed by atoms with Gasteiger partial charge in [0.2, 0.25) is 0 Å². The molecule has 24 heavy (non-hydrogen) atoms. The third-order valence-corrected chi connectivity index (χ3v) is 3.53. The van der Waals surface area contributed by atoms with E-state index in [1.165, 1.54) is 24.5 Å². The molecule has 0 radical (unpaired) electrons. The number of nitrogens with zero attached hydrogens (tertiary/aromatic N) is 5. The van der Waals surface area contributed by atoms with Gasteiger partial charge < -0.3 is 4.74 Å². The molecule has 1 amide bonds. The Bertz CT molecular complexity index is 801.